The third kappa shape index (κ3) is 3.78. The fraction of sp³-hybridized carbons (Fsp3) is 0.0400. The van der Waals surface area contributed by atoms with E-state index in [1.54, 1.807) is 18.5 Å². The Morgan fingerprint density at radius 3 is 1.94 bits per heavy atom. The van der Waals surface area contributed by atoms with Crippen molar-refractivity contribution < 1.29 is 22.3 Å². The Balaban J connectivity index is 1.75. The molecule has 4 aromatic rings. The van der Waals surface area contributed by atoms with E-state index in [0.29, 0.717) is 16.5 Å². The Morgan fingerprint density at radius 1 is 0.818 bits per heavy atom. The van der Waals surface area contributed by atoms with E-state index in [1.165, 1.54) is 12.1 Å². The lowest BCUT2D eigenvalue weighted by atomic mass is 9.40. The van der Waals surface area contributed by atoms with E-state index in [1.807, 2.05) is 65.1 Å². The van der Waals surface area contributed by atoms with Crippen LogP contribution in [0.25, 0.3) is 11.8 Å². The highest BCUT2D eigenvalue weighted by atomic mass is 35.5. The molecule has 8 heteroatoms. The normalized spacial score (nSPS) is 14.7. The number of fused-ring (bicyclic) bond motifs is 1. The van der Waals surface area contributed by atoms with E-state index in [0.717, 1.165) is 28.8 Å². The topological polar surface area (TPSA) is 26.0 Å². The highest BCUT2D eigenvalue weighted by molar-refractivity contribution is 6.91. The van der Waals surface area contributed by atoms with Crippen molar-refractivity contribution >= 4 is 40.8 Å². The fourth-order valence-corrected chi connectivity index (χ4v) is 4.45. The largest absolute Gasteiger partial charge is 0.671 e. The van der Waals surface area contributed by atoms with Gasteiger partial charge < -0.3 is 9.13 Å². The van der Waals surface area contributed by atoms with E-state index in [2.05, 4.69) is 4.98 Å². The summed E-state index contributed by atoms with van der Waals surface area (Å²) >= 11 is 6.21. The number of alkyl halides is 3. The van der Waals surface area contributed by atoms with Crippen molar-refractivity contribution in [1.29, 1.82) is 0 Å². The smallest absolute Gasteiger partial charge is 0.423 e. The number of nitrogens with zero attached hydrogens (tertiary/aromatic N) is 2. The average Bonchev–Trinajstić information content (AvgIpc) is 2.83. The minimum Gasteiger partial charge on any atom is -0.671 e. The molecule has 3 nitrogen and oxygen atoms in total. The lowest BCUT2D eigenvalue weighted by Gasteiger charge is -2.44. The van der Waals surface area contributed by atoms with Gasteiger partial charge in [-0.15, -0.1) is 10.9 Å². The summed E-state index contributed by atoms with van der Waals surface area (Å²) in [6.07, 6.45) is -1.01. The van der Waals surface area contributed by atoms with Gasteiger partial charge >= 0.3 is 12.7 Å². The standard InChI is InChI=1S/C25H17BClF3N2O/c27-24-16-22-15-23(18-11-13-19(14-12-18)25(28,29)30)33-26(32(22)17-31-24,20-7-3-1-4-8-20)21-9-5-2-6-10-21/h1-17H. The summed E-state index contributed by atoms with van der Waals surface area (Å²) in [4.78, 5) is 4.28. The van der Waals surface area contributed by atoms with Crippen LogP contribution in [0.1, 0.15) is 16.8 Å². The van der Waals surface area contributed by atoms with Gasteiger partial charge in [0, 0.05) is 17.7 Å². The summed E-state index contributed by atoms with van der Waals surface area (Å²) in [6.45, 7) is -2.06. The van der Waals surface area contributed by atoms with Crippen molar-refractivity contribution in [2.24, 2.45) is 0 Å². The summed E-state index contributed by atoms with van der Waals surface area (Å²) in [5.74, 6) is 0.443. The fourth-order valence-electron chi connectivity index (χ4n) is 4.30. The van der Waals surface area contributed by atoms with Crippen LogP contribution in [0, 0.1) is 0 Å². The molecule has 0 amide bonds. The van der Waals surface area contributed by atoms with E-state index in [-0.39, 0.29) is 0 Å². The van der Waals surface area contributed by atoms with Gasteiger partial charge in [0.15, 0.2) is 0 Å². The maximum atomic E-state index is 13.1. The summed E-state index contributed by atoms with van der Waals surface area (Å²) in [7, 11) is 0. The summed E-state index contributed by atoms with van der Waals surface area (Å²) < 4.78 is 48.0. The second-order valence-corrected chi connectivity index (χ2v) is 8.20. The van der Waals surface area contributed by atoms with Crippen molar-refractivity contribution in [1.82, 2.24) is 4.98 Å². The molecule has 0 saturated carbocycles. The molecule has 2 heterocycles. The van der Waals surface area contributed by atoms with Crippen LogP contribution < -0.4 is 15.4 Å². The Labute approximate surface area is 193 Å². The van der Waals surface area contributed by atoms with Crippen LogP contribution in [0.5, 0.6) is 0 Å². The van der Waals surface area contributed by atoms with Gasteiger partial charge in [0.2, 0.25) is 11.5 Å². The van der Waals surface area contributed by atoms with Crippen LogP contribution in [0.3, 0.4) is 0 Å². The molecule has 0 N–H and O–H groups in total. The molecule has 0 unspecified atom stereocenters. The van der Waals surface area contributed by atoms with Gasteiger partial charge in [-0.3, -0.25) is 0 Å². The average molecular weight is 465 g/mol. The molecule has 1 aliphatic rings. The molecule has 1 aliphatic heterocycles. The molecule has 0 spiro atoms. The van der Waals surface area contributed by atoms with E-state index in [9.17, 15) is 13.2 Å². The lowest BCUT2D eigenvalue weighted by molar-refractivity contribution is -0.561. The van der Waals surface area contributed by atoms with E-state index in [4.69, 9.17) is 16.3 Å². The highest BCUT2D eigenvalue weighted by Gasteiger charge is 2.44. The first kappa shape index (κ1) is 21.3. The van der Waals surface area contributed by atoms with E-state index < -0.39 is 18.2 Å². The van der Waals surface area contributed by atoms with Gasteiger partial charge in [-0.05, 0) is 28.7 Å². The molecule has 0 fully saturated rings. The lowest BCUT2D eigenvalue weighted by Crippen LogP contribution is -2.81. The first-order valence-corrected chi connectivity index (χ1v) is 10.7. The van der Waals surface area contributed by atoms with Crippen LogP contribution in [-0.4, -0.2) is 11.5 Å². The Hall–Kier alpha value is -3.58. The predicted octanol–water partition coefficient (Wildman–Crippen LogP) is 4.67. The Morgan fingerprint density at radius 2 is 1.39 bits per heavy atom. The Kier molecular flexibility index (Phi) is 5.21. The second kappa shape index (κ2) is 8.08. The van der Waals surface area contributed by atoms with Gasteiger partial charge in [0.05, 0.1) is 17.0 Å². The highest BCUT2D eigenvalue weighted by Crippen LogP contribution is 2.32. The Bertz CT molecular complexity index is 1290. The molecule has 5 rings (SSSR count). The minimum atomic E-state index is -4.41. The van der Waals surface area contributed by atoms with Crippen LogP contribution in [-0.2, 0) is 10.8 Å². The maximum absolute atomic E-state index is 13.1. The van der Waals surface area contributed by atoms with Crippen molar-refractivity contribution in [2.45, 2.75) is 6.18 Å². The van der Waals surface area contributed by atoms with Crippen molar-refractivity contribution in [3.05, 3.63) is 119 Å². The predicted molar refractivity (Wildman–Crippen MR) is 123 cm³/mol. The van der Waals surface area contributed by atoms with Gasteiger partial charge in [0.25, 0.3) is 0 Å². The van der Waals surface area contributed by atoms with Gasteiger partial charge in [0.1, 0.15) is 0 Å². The number of aromatic nitrogens is 2. The van der Waals surface area contributed by atoms with Crippen LogP contribution in [0.15, 0.2) is 97.3 Å². The number of hydrogen-bond acceptors (Lipinski definition) is 2. The monoisotopic (exact) mass is 464 g/mol. The molecule has 3 aromatic carbocycles. The number of hydrogen-bond donors (Lipinski definition) is 0. The van der Waals surface area contributed by atoms with Gasteiger partial charge in [-0.1, -0.05) is 72.8 Å². The summed E-state index contributed by atoms with van der Waals surface area (Å²) in [5, 5.41) is 0.303. The SMILES string of the molecule is FC(F)(F)c1ccc(C2=Cc3cc(Cl)nc[n+]3[B-](c3ccccc3)(c3ccccc3)O2)cc1. The number of halogens is 4. The molecule has 0 aliphatic carbocycles. The molecular formula is C25H17BClF3N2O. The second-order valence-electron chi connectivity index (χ2n) is 7.81. The quantitative estimate of drug-likeness (QED) is 0.325. The molecular weight excluding hydrogens is 448 g/mol. The zero-order valence-corrected chi connectivity index (χ0v) is 18.0. The van der Waals surface area contributed by atoms with Crippen LogP contribution in [0.4, 0.5) is 13.2 Å². The zero-order chi connectivity index (χ0) is 23.1. The zero-order valence-electron chi connectivity index (χ0n) is 17.2. The molecule has 33 heavy (non-hydrogen) atoms. The van der Waals surface area contributed by atoms with Gasteiger partial charge in [-0.25, -0.2) is 0 Å². The van der Waals surface area contributed by atoms with E-state index >= 15 is 0 Å². The summed E-state index contributed by atoms with van der Waals surface area (Å²) in [5.41, 5.74) is 2.31. The van der Waals surface area contributed by atoms with Crippen LogP contribution in [0.2, 0.25) is 5.15 Å². The molecule has 0 atom stereocenters. The molecule has 164 valence electrons. The van der Waals surface area contributed by atoms with Crippen LogP contribution >= 0.6 is 11.6 Å². The molecule has 0 radical (unpaired) electrons. The van der Waals surface area contributed by atoms with Gasteiger partial charge in [-0.2, -0.15) is 13.2 Å². The molecule has 1 aromatic heterocycles. The third-order valence-corrected chi connectivity index (χ3v) is 6.05. The minimum absolute atomic E-state index is 0.303. The molecule has 0 bridgehead atoms. The van der Waals surface area contributed by atoms with Crippen molar-refractivity contribution in [2.75, 3.05) is 0 Å². The first-order valence-electron chi connectivity index (χ1n) is 10.3. The first-order chi connectivity index (χ1) is 15.9. The van der Waals surface area contributed by atoms with Crippen molar-refractivity contribution in [3.63, 3.8) is 0 Å². The number of rotatable bonds is 3. The van der Waals surface area contributed by atoms with Crippen molar-refractivity contribution in [3.8, 4) is 0 Å². The third-order valence-electron chi connectivity index (χ3n) is 5.84. The molecule has 0 saturated heterocycles. The maximum Gasteiger partial charge on any atom is 0.423 e. The summed E-state index contributed by atoms with van der Waals surface area (Å²) in [6, 6.07) is 26.1. The number of benzene rings is 3.